The highest BCUT2D eigenvalue weighted by molar-refractivity contribution is 8.45. The van der Waals surface area contributed by atoms with Crippen LogP contribution >= 0.6 is 10.2 Å². The topological polar surface area (TPSA) is 9.23 Å². The third-order valence-electron chi connectivity index (χ3n) is 0.818. The number of ether oxygens (including phenoxy) is 1. The molecule has 0 rings (SSSR count). The lowest BCUT2D eigenvalue weighted by molar-refractivity contribution is 0.156. The molecule has 0 atom stereocenters. The fourth-order valence-electron chi connectivity index (χ4n) is 0.361. The molecule has 0 saturated carbocycles. The van der Waals surface area contributed by atoms with E-state index in [1.165, 1.54) is 6.92 Å². The molecule has 0 aromatic carbocycles. The van der Waals surface area contributed by atoms with Gasteiger partial charge in [-0.1, -0.05) is 19.4 Å². The Hall–Kier alpha value is -0.0400. The Bertz CT molecular complexity index is 135. The van der Waals surface area contributed by atoms with Crippen LogP contribution in [0.15, 0.2) is 0 Å². The van der Waals surface area contributed by atoms with Gasteiger partial charge in [-0.25, -0.2) is 0 Å². The van der Waals surface area contributed by atoms with Crippen molar-refractivity contribution >= 4 is 10.2 Å². The summed E-state index contributed by atoms with van der Waals surface area (Å²) in [7, 11) is -9.20. The van der Waals surface area contributed by atoms with Crippen molar-refractivity contribution < 1.29 is 24.2 Å². The Morgan fingerprint density at radius 2 is 1.55 bits per heavy atom. The van der Waals surface area contributed by atoms with E-state index in [2.05, 4.69) is 4.74 Å². The molecule has 0 heterocycles. The second-order valence-electron chi connectivity index (χ2n) is 2.03. The lowest BCUT2D eigenvalue weighted by Gasteiger charge is -2.40. The summed E-state index contributed by atoms with van der Waals surface area (Å²) in [6.45, 7) is 0.480. The minimum absolute atomic E-state index is 0.00778. The largest absolute Gasteiger partial charge is 0.381 e. The van der Waals surface area contributed by atoms with Gasteiger partial charge in [0.05, 0.1) is 6.61 Å². The fourth-order valence-corrected chi connectivity index (χ4v) is 0.794. The molecule has 0 fully saturated rings. The van der Waals surface area contributed by atoms with E-state index in [4.69, 9.17) is 0 Å². The standard InChI is InChI=1S/C4H9F5OS/c1-2-10-3-4-11(5,6,7,8)9/h2-4H2,1H3. The van der Waals surface area contributed by atoms with Crippen molar-refractivity contribution in [2.45, 2.75) is 6.92 Å². The summed E-state index contributed by atoms with van der Waals surface area (Å²) in [5.41, 5.74) is 0. The van der Waals surface area contributed by atoms with Crippen molar-refractivity contribution in [2.75, 3.05) is 19.0 Å². The second-order valence-corrected chi connectivity index (χ2v) is 4.70. The van der Waals surface area contributed by atoms with E-state index >= 15 is 0 Å². The van der Waals surface area contributed by atoms with Crippen LogP contribution in [0.2, 0.25) is 0 Å². The van der Waals surface area contributed by atoms with E-state index in [1.807, 2.05) is 0 Å². The highest BCUT2D eigenvalue weighted by atomic mass is 32.5. The van der Waals surface area contributed by atoms with Gasteiger partial charge in [-0.3, -0.25) is 0 Å². The molecule has 0 unspecified atom stereocenters. The van der Waals surface area contributed by atoms with E-state index in [-0.39, 0.29) is 6.61 Å². The van der Waals surface area contributed by atoms with Crippen molar-refractivity contribution in [3.63, 3.8) is 0 Å². The molecule has 0 aromatic heterocycles. The predicted molar refractivity (Wildman–Crippen MR) is 34.5 cm³/mol. The first kappa shape index (κ1) is 11.0. The monoisotopic (exact) mass is 200 g/mol. The summed E-state index contributed by atoms with van der Waals surface area (Å²) in [5, 5.41) is 0. The Morgan fingerprint density at radius 1 is 1.09 bits per heavy atom. The molecule has 11 heavy (non-hydrogen) atoms. The predicted octanol–water partition coefficient (Wildman–Crippen LogP) is 3.32. The molecule has 0 N–H and O–H groups in total. The molecular weight excluding hydrogens is 191 g/mol. The zero-order valence-corrected chi connectivity index (χ0v) is 6.64. The van der Waals surface area contributed by atoms with Crippen LogP contribution in [-0.2, 0) is 4.74 Å². The van der Waals surface area contributed by atoms with Gasteiger partial charge in [0.15, 0.2) is 0 Å². The highest BCUT2D eigenvalue weighted by Gasteiger charge is 2.62. The summed E-state index contributed by atoms with van der Waals surface area (Å²) in [6, 6.07) is 0. The summed E-state index contributed by atoms with van der Waals surface area (Å²) >= 11 is 0. The molecule has 0 saturated heterocycles. The van der Waals surface area contributed by atoms with Gasteiger partial charge < -0.3 is 4.74 Å². The van der Waals surface area contributed by atoms with Crippen LogP contribution in [0.25, 0.3) is 0 Å². The molecule has 1 nitrogen and oxygen atoms in total. The van der Waals surface area contributed by atoms with Crippen LogP contribution in [0.5, 0.6) is 0 Å². The molecule has 0 aliphatic heterocycles. The van der Waals surface area contributed by atoms with Gasteiger partial charge in [-0.05, 0) is 6.92 Å². The first-order valence-corrected chi connectivity index (χ1v) is 4.97. The molecule has 72 valence electrons. The van der Waals surface area contributed by atoms with Gasteiger partial charge in [0.2, 0.25) is 0 Å². The molecule has 0 amide bonds. The third-order valence-corrected chi connectivity index (χ3v) is 1.76. The normalized spacial score (nSPS) is 19.1. The minimum atomic E-state index is -9.20. The van der Waals surface area contributed by atoms with Gasteiger partial charge in [0.25, 0.3) is 10.2 Å². The minimum Gasteiger partial charge on any atom is -0.381 e. The van der Waals surface area contributed by atoms with Crippen LogP contribution in [0.4, 0.5) is 19.4 Å². The Labute approximate surface area is 61.2 Å². The maximum absolute atomic E-state index is 11.5. The molecule has 0 aromatic rings. The number of halogens is 5. The zero-order valence-electron chi connectivity index (χ0n) is 5.83. The smallest absolute Gasteiger partial charge is 0.287 e. The summed E-state index contributed by atoms with van der Waals surface area (Å²) in [6.07, 6.45) is 0. The number of hydrogen-bond acceptors (Lipinski definition) is 1. The molecule has 0 aliphatic carbocycles. The van der Waals surface area contributed by atoms with Gasteiger partial charge >= 0.3 is 0 Å². The van der Waals surface area contributed by atoms with Gasteiger partial charge in [0, 0.05) is 6.61 Å². The fraction of sp³-hybridized carbons (Fsp3) is 1.00. The average Bonchev–Trinajstić information content (AvgIpc) is 1.59. The van der Waals surface area contributed by atoms with Crippen LogP contribution in [0.3, 0.4) is 0 Å². The molecule has 7 heteroatoms. The summed E-state index contributed by atoms with van der Waals surface area (Å²) < 4.78 is 61.5. The van der Waals surface area contributed by atoms with Crippen molar-refractivity contribution in [1.29, 1.82) is 0 Å². The quantitative estimate of drug-likeness (QED) is 0.499. The van der Waals surface area contributed by atoms with E-state index in [1.54, 1.807) is 0 Å². The van der Waals surface area contributed by atoms with Crippen molar-refractivity contribution in [3.8, 4) is 0 Å². The first-order chi connectivity index (χ1) is 4.54. The van der Waals surface area contributed by atoms with Gasteiger partial charge in [0.1, 0.15) is 5.75 Å². The number of rotatable bonds is 4. The van der Waals surface area contributed by atoms with Crippen molar-refractivity contribution in [3.05, 3.63) is 0 Å². The zero-order chi connectivity index (χ0) is 9.24. The molecular formula is C4H9F5OS. The molecule has 0 radical (unpaired) electrons. The summed E-state index contributed by atoms with van der Waals surface area (Å²) in [5.74, 6) is -2.13. The average molecular weight is 200 g/mol. The Kier molecular flexibility index (Phi) is 2.22. The van der Waals surface area contributed by atoms with Gasteiger partial charge in [-0.15, -0.1) is 0 Å². The number of hydrogen-bond donors (Lipinski definition) is 0. The first-order valence-electron chi connectivity index (χ1n) is 2.84. The third kappa shape index (κ3) is 9.96. The second kappa shape index (κ2) is 2.22. The van der Waals surface area contributed by atoms with Crippen LogP contribution in [-0.4, -0.2) is 19.0 Å². The van der Waals surface area contributed by atoms with E-state index in [0.29, 0.717) is 0 Å². The maximum Gasteiger partial charge on any atom is 0.287 e. The van der Waals surface area contributed by atoms with E-state index < -0.39 is 22.6 Å². The van der Waals surface area contributed by atoms with Crippen molar-refractivity contribution in [1.82, 2.24) is 0 Å². The Morgan fingerprint density at radius 3 is 1.82 bits per heavy atom. The summed E-state index contributed by atoms with van der Waals surface area (Å²) in [4.78, 5) is 0. The van der Waals surface area contributed by atoms with Gasteiger partial charge in [-0.2, -0.15) is 0 Å². The molecule has 0 aliphatic rings. The van der Waals surface area contributed by atoms with Crippen LogP contribution in [0.1, 0.15) is 6.92 Å². The molecule has 0 spiro atoms. The lowest BCUT2D eigenvalue weighted by Crippen LogP contribution is -2.15. The SMILES string of the molecule is CCOCCS(F)(F)(F)(F)F. The van der Waals surface area contributed by atoms with Crippen LogP contribution in [0, 0.1) is 0 Å². The van der Waals surface area contributed by atoms with E-state index in [9.17, 15) is 19.4 Å². The maximum atomic E-state index is 11.5. The lowest BCUT2D eigenvalue weighted by atomic mass is 10.8. The highest BCUT2D eigenvalue weighted by Crippen LogP contribution is 2.97. The van der Waals surface area contributed by atoms with Crippen LogP contribution < -0.4 is 0 Å². The van der Waals surface area contributed by atoms with Crippen molar-refractivity contribution in [2.24, 2.45) is 0 Å². The molecule has 0 bridgehead atoms. The Balaban J connectivity index is 3.95. The van der Waals surface area contributed by atoms with E-state index in [0.717, 1.165) is 0 Å².